The summed E-state index contributed by atoms with van der Waals surface area (Å²) in [5.41, 5.74) is 4.28. The Bertz CT molecular complexity index is 1330. The number of hydrogen-bond donors (Lipinski definition) is 1. The van der Waals surface area contributed by atoms with Gasteiger partial charge in [0.15, 0.2) is 0 Å². The van der Waals surface area contributed by atoms with E-state index in [0.717, 1.165) is 22.4 Å². The van der Waals surface area contributed by atoms with E-state index in [4.69, 9.17) is 0 Å². The number of sulfonamides is 1. The van der Waals surface area contributed by atoms with Crippen molar-refractivity contribution in [2.45, 2.75) is 23.4 Å². The number of nitriles is 1. The fourth-order valence-electron chi connectivity index (χ4n) is 5.36. The van der Waals surface area contributed by atoms with Crippen LogP contribution in [0.25, 0.3) is 11.1 Å². The molecule has 3 aromatic rings. The number of hydrogen-bond acceptors (Lipinski definition) is 5. The van der Waals surface area contributed by atoms with Crippen LogP contribution in [0.2, 0.25) is 0 Å². The highest BCUT2D eigenvalue weighted by Gasteiger charge is 2.50. The molecule has 0 radical (unpaired) electrons. The van der Waals surface area contributed by atoms with Crippen molar-refractivity contribution in [3.8, 4) is 17.2 Å². The molecule has 1 N–H and O–H groups in total. The van der Waals surface area contributed by atoms with Gasteiger partial charge in [0.25, 0.3) is 0 Å². The molecular formula is C26H25N3O3S. The van der Waals surface area contributed by atoms with Gasteiger partial charge in [-0.2, -0.15) is 9.57 Å². The molecule has 33 heavy (non-hydrogen) atoms. The number of aliphatic hydroxyl groups is 1. The predicted molar refractivity (Wildman–Crippen MR) is 127 cm³/mol. The third-order valence-electron chi connectivity index (χ3n) is 6.98. The van der Waals surface area contributed by atoms with Crippen LogP contribution in [0.3, 0.4) is 0 Å². The largest absolute Gasteiger partial charge is 0.394 e. The zero-order valence-corrected chi connectivity index (χ0v) is 19.1. The Balaban J connectivity index is 1.65. The Hall–Kier alpha value is -3.18. The van der Waals surface area contributed by atoms with Crippen molar-refractivity contribution in [2.24, 2.45) is 5.92 Å². The Morgan fingerprint density at radius 2 is 1.79 bits per heavy atom. The van der Waals surface area contributed by atoms with Gasteiger partial charge in [-0.15, -0.1) is 0 Å². The van der Waals surface area contributed by atoms with Crippen molar-refractivity contribution in [1.82, 2.24) is 4.31 Å². The minimum absolute atomic E-state index is 0.0216. The van der Waals surface area contributed by atoms with Gasteiger partial charge in [-0.05, 0) is 59.5 Å². The summed E-state index contributed by atoms with van der Waals surface area (Å²) in [6, 6.07) is 23.6. The lowest BCUT2D eigenvalue weighted by atomic mass is 9.81. The lowest BCUT2D eigenvalue weighted by Gasteiger charge is -2.44. The number of aliphatic hydroxyl groups excluding tert-OH is 1. The summed E-state index contributed by atoms with van der Waals surface area (Å²) in [5, 5.41) is 19.5. The third-order valence-corrected chi connectivity index (χ3v) is 8.87. The van der Waals surface area contributed by atoms with Gasteiger partial charge in [0.2, 0.25) is 10.0 Å². The van der Waals surface area contributed by atoms with E-state index in [1.807, 2.05) is 43.4 Å². The molecule has 2 aliphatic heterocycles. The van der Waals surface area contributed by atoms with Gasteiger partial charge in [-0.3, -0.25) is 0 Å². The van der Waals surface area contributed by atoms with Crippen LogP contribution in [0.15, 0.2) is 77.7 Å². The van der Waals surface area contributed by atoms with Gasteiger partial charge in [0.05, 0.1) is 35.2 Å². The molecule has 7 heteroatoms. The van der Waals surface area contributed by atoms with E-state index in [1.54, 1.807) is 40.7 Å². The highest BCUT2D eigenvalue weighted by molar-refractivity contribution is 7.89. The van der Waals surface area contributed by atoms with E-state index in [0.29, 0.717) is 18.5 Å². The highest BCUT2D eigenvalue weighted by atomic mass is 32.2. The first-order valence-corrected chi connectivity index (χ1v) is 12.4. The first-order valence-electron chi connectivity index (χ1n) is 11.0. The molecule has 168 valence electrons. The van der Waals surface area contributed by atoms with Crippen molar-refractivity contribution in [3.05, 3.63) is 83.9 Å². The summed E-state index contributed by atoms with van der Waals surface area (Å²) in [6.07, 6.45) is 0.680. The molecule has 5 rings (SSSR count). The van der Waals surface area contributed by atoms with E-state index in [-0.39, 0.29) is 29.5 Å². The van der Waals surface area contributed by atoms with Crippen LogP contribution < -0.4 is 4.90 Å². The normalized spacial score (nSPS) is 22.5. The Kier molecular flexibility index (Phi) is 5.45. The lowest BCUT2D eigenvalue weighted by Crippen LogP contribution is -2.48. The first kappa shape index (κ1) is 21.7. The van der Waals surface area contributed by atoms with Gasteiger partial charge in [-0.25, -0.2) is 8.42 Å². The maximum atomic E-state index is 13.6. The van der Waals surface area contributed by atoms with Gasteiger partial charge < -0.3 is 10.0 Å². The summed E-state index contributed by atoms with van der Waals surface area (Å²) < 4.78 is 28.9. The zero-order valence-electron chi connectivity index (χ0n) is 18.3. The lowest BCUT2D eigenvalue weighted by molar-refractivity contribution is 0.193. The predicted octanol–water partition coefficient (Wildman–Crippen LogP) is 3.79. The number of likely N-dealkylation sites (N-methyl/N-ethyl adjacent to an activating group) is 1. The second kappa shape index (κ2) is 8.31. The van der Waals surface area contributed by atoms with Crippen LogP contribution >= 0.6 is 0 Å². The highest BCUT2D eigenvalue weighted by Crippen LogP contribution is 2.51. The molecule has 6 nitrogen and oxygen atoms in total. The SMILES string of the molecule is CN1c2ccc(-c3cccc(C#N)c3)cc2[C@@H]2[C@@H](CCN2S(=O)(=O)c2ccccc2)[C@H]1CO. The monoisotopic (exact) mass is 459 g/mol. The van der Waals surface area contributed by atoms with Gasteiger partial charge >= 0.3 is 0 Å². The quantitative estimate of drug-likeness (QED) is 0.642. The Morgan fingerprint density at radius 1 is 1.03 bits per heavy atom. The molecule has 0 aromatic heterocycles. The summed E-state index contributed by atoms with van der Waals surface area (Å²) in [6.45, 7) is 0.368. The third kappa shape index (κ3) is 3.51. The van der Waals surface area contributed by atoms with E-state index in [2.05, 4.69) is 11.0 Å². The van der Waals surface area contributed by atoms with E-state index in [9.17, 15) is 18.8 Å². The summed E-state index contributed by atoms with van der Waals surface area (Å²) in [4.78, 5) is 2.36. The van der Waals surface area contributed by atoms with Crippen molar-refractivity contribution in [3.63, 3.8) is 0 Å². The molecule has 3 aromatic carbocycles. The van der Waals surface area contributed by atoms with Crippen LogP contribution in [0.1, 0.15) is 23.6 Å². The number of benzene rings is 3. The van der Waals surface area contributed by atoms with E-state index >= 15 is 0 Å². The fraction of sp³-hybridized carbons (Fsp3) is 0.269. The molecule has 0 bridgehead atoms. The maximum absolute atomic E-state index is 13.6. The molecule has 0 spiro atoms. The molecule has 2 aliphatic rings. The molecule has 0 saturated carbocycles. The Morgan fingerprint density at radius 3 is 2.52 bits per heavy atom. The number of nitrogens with zero attached hydrogens (tertiary/aromatic N) is 3. The molecule has 1 fully saturated rings. The fourth-order valence-corrected chi connectivity index (χ4v) is 7.04. The molecule has 0 unspecified atom stereocenters. The van der Waals surface area contributed by atoms with Gasteiger partial charge in [-0.1, -0.05) is 36.4 Å². The second-order valence-electron chi connectivity index (χ2n) is 8.65. The van der Waals surface area contributed by atoms with Gasteiger partial charge in [0, 0.05) is 25.2 Å². The van der Waals surface area contributed by atoms with Crippen molar-refractivity contribution >= 4 is 15.7 Å². The van der Waals surface area contributed by atoms with Crippen molar-refractivity contribution in [2.75, 3.05) is 25.1 Å². The van der Waals surface area contributed by atoms with Crippen LogP contribution in [0.5, 0.6) is 0 Å². The molecule has 3 atom stereocenters. The van der Waals surface area contributed by atoms with Crippen LogP contribution in [-0.2, 0) is 10.0 Å². The van der Waals surface area contributed by atoms with Crippen molar-refractivity contribution < 1.29 is 13.5 Å². The number of anilines is 1. The number of rotatable bonds is 4. The zero-order chi connectivity index (χ0) is 23.2. The molecular weight excluding hydrogens is 434 g/mol. The van der Waals surface area contributed by atoms with Crippen molar-refractivity contribution in [1.29, 1.82) is 5.26 Å². The molecule has 1 saturated heterocycles. The standard InChI is InChI=1S/C26H25N3O3S/c1-28-24-11-10-20(19-7-5-6-18(14-19)16-27)15-23(24)26-22(25(28)17-30)12-13-29(26)33(31,32)21-8-3-2-4-9-21/h2-11,14-15,22,25-26,30H,12-13,17H2,1H3/t22-,25+,26-/m0/s1. The smallest absolute Gasteiger partial charge is 0.243 e. The molecule has 2 heterocycles. The summed E-state index contributed by atoms with van der Waals surface area (Å²) in [5.74, 6) is -0.0216. The topological polar surface area (TPSA) is 84.6 Å². The Labute approximate surface area is 194 Å². The van der Waals surface area contributed by atoms with Gasteiger partial charge in [0.1, 0.15) is 0 Å². The minimum atomic E-state index is -3.70. The van der Waals surface area contributed by atoms with Crippen LogP contribution in [0.4, 0.5) is 5.69 Å². The maximum Gasteiger partial charge on any atom is 0.243 e. The average Bonchev–Trinajstić information content (AvgIpc) is 3.31. The summed E-state index contributed by atoms with van der Waals surface area (Å²) >= 11 is 0. The van der Waals surface area contributed by atoms with Crippen LogP contribution in [0, 0.1) is 17.2 Å². The second-order valence-corrected chi connectivity index (χ2v) is 10.5. The summed E-state index contributed by atoms with van der Waals surface area (Å²) in [7, 11) is -1.74. The van der Waals surface area contributed by atoms with E-state index < -0.39 is 10.0 Å². The number of fused-ring (bicyclic) bond motifs is 3. The minimum Gasteiger partial charge on any atom is -0.394 e. The molecule has 0 amide bonds. The first-order chi connectivity index (χ1) is 16.0. The average molecular weight is 460 g/mol. The van der Waals surface area contributed by atoms with Crippen LogP contribution in [-0.4, -0.2) is 44.1 Å². The van der Waals surface area contributed by atoms with E-state index in [1.165, 1.54) is 0 Å². The molecule has 0 aliphatic carbocycles.